The normalized spacial score (nSPS) is 12.2. The molecular formula is C14H21NO2S. The molecule has 0 heterocycles. The number of ether oxygens (including phenoxy) is 1. The van der Waals surface area contributed by atoms with Gasteiger partial charge in [0.2, 0.25) is 0 Å². The number of carbonyl (C=O) groups is 1. The third-order valence-electron chi connectivity index (χ3n) is 2.92. The lowest BCUT2D eigenvalue weighted by Crippen LogP contribution is -2.31. The number of thioether (sulfide) groups is 1. The molecule has 4 heteroatoms. The molecule has 1 unspecified atom stereocenters. The first-order chi connectivity index (χ1) is 8.54. The highest BCUT2D eigenvalue weighted by Crippen LogP contribution is 2.17. The maximum absolute atomic E-state index is 11.1. The standard InChI is InChI=1S/C14H21NO2S/c1-10-4-5-12(8-11(10)2)9-18-7-6-13(15)14(16)17-3/h4-5,8,13H,6-7,9,15H2,1-3H3. The second-order valence-electron chi connectivity index (χ2n) is 4.39. The van der Waals surface area contributed by atoms with Crippen molar-refractivity contribution >= 4 is 17.7 Å². The lowest BCUT2D eigenvalue weighted by Gasteiger charge is -2.09. The Kier molecular flexibility index (Phi) is 6.22. The number of methoxy groups -OCH3 is 1. The van der Waals surface area contributed by atoms with E-state index >= 15 is 0 Å². The summed E-state index contributed by atoms with van der Waals surface area (Å²) >= 11 is 1.79. The van der Waals surface area contributed by atoms with E-state index in [4.69, 9.17) is 5.73 Å². The Balaban J connectivity index is 2.29. The summed E-state index contributed by atoms with van der Waals surface area (Å²) < 4.78 is 4.58. The molecule has 0 bridgehead atoms. The highest BCUT2D eigenvalue weighted by Gasteiger charge is 2.12. The van der Waals surface area contributed by atoms with Gasteiger partial charge < -0.3 is 10.5 Å². The van der Waals surface area contributed by atoms with E-state index in [0.717, 1.165) is 11.5 Å². The highest BCUT2D eigenvalue weighted by atomic mass is 32.2. The molecule has 0 fully saturated rings. The van der Waals surface area contributed by atoms with Crippen LogP contribution in [0.2, 0.25) is 0 Å². The van der Waals surface area contributed by atoms with Crippen LogP contribution in [0.3, 0.4) is 0 Å². The minimum atomic E-state index is -0.498. The molecule has 0 spiro atoms. The van der Waals surface area contributed by atoms with Gasteiger partial charge in [0.25, 0.3) is 0 Å². The molecule has 0 amide bonds. The summed E-state index contributed by atoms with van der Waals surface area (Å²) in [4.78, 5) is 11.1. The molecule has 0 saturated heterocycles. The van der Waals surface area contributed by atoms with Crippen LogP contribution in [0.15, 0.2) is 18.2 Å². The van der Waals surface area contributed by atoms with Gasteiger partial charge in [-0.3, -0.25) is 4.79 Å². The van der Waals surface area contributed by atoms with Gasteiger partial charge in [0.05, 0.1) is 7.11 Å². The molecule has 3 nitrogen and oxygen atoms in total. The molecule has 0 aliphatic carbocycles. The second-order valence-corrected chi connectivity index (χ2v) is 5.49. The van der Waals surface area contributed by atoms with E-state index in [1.165, 1.54) is 23.8 Å². The Bertz CT molecular complexity index is 407. The van der Waals surface area contributed by atoms with E-state index in [0.29, 0.717) is 6.42 Å². The maximum atomic E-state index is 11.1. The second kappa shape index (κ2) is 7.44. The monoisotopic (exact) mass is 267 g/mol. The quantitative estimate of drug-likeness (QED) is 0.635. The van der Waals surface area contributed by atoms with Gasteiger partial charge >= 0.3 is 5.97 Å². The molecule has 0 aliphatic rings. The SMILES string of the molecule is COC(=O)C(N)CCSCc1ccc(C)c(C)c1. The number of hydrogen-bond acceptors (Lipinski definition) is 4. The van der Waals surface area contributed by atoms with Gasteiger partial charge in [0.1, 0.15) is 6.04 Å². The Morgan fingerprint density at radius 1 is 1.39 bits per heavy atom. The van der Waals surface area contributed by atoms with Crippen molar-refractivity contribution in [2.75, 3.05) is 12.9 Å². The summed E-state index contributed by atoms with van der Waals surface area (Å²) in [5.41, 5.74) is 9.61. The van der Waals surface area contributed by atoms with Crippen molar-refractivity contribution in [1.29, 1.82) is 0 Å². The molecule has 2 N–H and O–H groups in total. The van der Waals surface area contributed by atoms with Gasteiger partial charge in [-0.15, -0.1) is 0 Å². The highest BCUT2D eigenvalue weighted by molar-refractivity contribution is 7.98. The average molecular weight is 267 g/mol. The summed E-state index contributed by atoms with van der Waals surface area (Å²) in [6, 6.07) is 6.01. The largest absolute Gasteiger partial charge is 0.468 e. The summed E-state index contributed by atoms with van der Waals surface area (Å²) in [6.45, 7) is 4.23. The van der Waals surface area contributed by atoms with E-state index < -0.39 is 6.04 Å². The number of benzene rings is 1. The zero-order valence-electron chi connectivity index (χ0n) is 11.2. The van der Waals surface area contributed by atoms with E-state index in [1.54, 1.807) is 11.8 Å². The fraction of sp³-hybridized carbons (Fsp3) is 0.500. The van der Waals surface area contributed by atoms with E-state index in [1.807, 2.05) is 0 Å². The van der Waals surface area contributed by atoms with Crippen LogP contribution >= 0.6 is 11.8 Å². The molecule has 0 aliphatic heterocycles. The number of esters is 1. The summed E-state index contributed by atoms with van der Waals surface area (Å²) in [5, 5.41) is 0. The van der Waals surface area contributed by atoms with Gasteiger partial charge in [-0.25, -0.2) is 0 Å². The van der Waals surface area contributed by atoms with Crippen LogP contribution in [-0.4, -0.2) is 24.9 Å². The van der Waals surface area contributed by atoms with Gasteiger partial charge in [0, 0.05) is 5.75 Å². The van der Waals surface area contributed by atoms with Gasteiger partial charge in [-0.05, 0) is 42.7 Å². The number of carbonyl (C=O) groups excluding carboxylic acids is 1. The molecule has 18 heavy (non-hydrogen) atoms. The smallest absolute Gasteiger partial charge is 0.322 e. The van der Waals surface area contributed by atoms with Crippen molar-refractivity contribution in [2.24, 2.45) is 5.73 Å². The minimum Gasteiger partial charge on any atom is -0.468 e. The molecule has 0 saturated carbocycles. The fourth-order valence-corrected chi connectivity index (χ4v) is 2.54. The number of rotatable bonds is 6. The Morgan fingerprint density at radius 2 is 2.11 bits per heavy atom. The third-order valence-corrected chi connectivity index (χ3v) is 3.98. The lowest BCUT2D eigenvalue weighted by atomic mass is 10.1. The van der Waals surface area contributed by atoms with E-state index in [9.17, 15) is 4.79 Å². The first-order valence-electron chi connectivity index (χ1n) is 6.02. The minimum absolute atomic E-state index is 0.332. The molecule has 1 atom stereocenters. The first-order valence-corrected chi connectivity index (χ1v) is 7.17. The summed E-state index contributed by atoms with van der Waals surface area (Å²) in [7, 11) is 1.37. The van der Waals surface area contributed by atoms with Gasteiger partial charge in [-0.1, -0.05) is 18.2 Å². The van der Waals surface area contributed by atoms with Crippen LogP contribution in [0.5, 0.6) is 0 Å². The van der Waals surface area contributed by atoms with Crippen molar-refractivity contribution in [3.05, 3.63) is 34.9 Å². The number of nitrogens with two attached hydrogens (primary N) is 1. The van der Waals surface area contributed by atoms with E-state index in [2.05, 4.69) is 36.8 Å². The van der Waals surface area contributed by atoms with Crippen molar-refractivity contribution in [3.63, 3.8) is 0 Å². The first kappa shape index (κ1) is 15.1. The third kappa shape index (κ3) is 4.70. The summed E-state index contributed by atoms with van der Waals surface area (Å²) in [5.74, 6) is 1.49. The predicted octanol–water partition coefficient (Wildman–Crippen LogP) is 2.43. The molecule has 100 valence electrons. The van der Waals surface area contributed by atoms with Crippen LogP contribution in [0.4, 0.5) is 0 Å². The average Bonchev–Trinajstić information content (AvgIpc) is 2.37. The molecular weight excluding hydrogens is 246 g/mol. The molecule has 0 aromatic heterocycles. The van der Waals surface area contributed by atoms with Crippen LogP contribution in [-0.2, 0) is 15.3 Å². The topological polar surface area (TPSA) is 52.3 Å². The summed E-state index contributed by atoms with van der Waals surface area (Å²) in [6.07, 6.45) is 0.655. The van der Waals surface area contributed by atoms with Crippen molar-refractivity contribution < 1.29 is 9.53 Å². The molecule has 1 rings (SSSR count). The van der Waals surface area contributed by atoms with Crippen LogP contribution in [0.1, 0.15) is 23.1 Å². The van der Waals surface area contributed by atoms with Gasteiger partial charge in [0.15, 0.2) is 0 Å². The Hall–Kier alpha value is -1.00. The van der Waals surface area contributed by atoms with Crippen LogP contribution < -0.4 is 5.73 Å². The van der Waals surface area contributed by atoms with Crippen LogP contribution in [0, 0.1) is 13.8 Å². The zero-order valence-corrected chi connectivity index (χ0v) is 12.0. The molecule has 1 aromatic carbocycles. The van der Waals surface area contributed by atoms with Crippen molar-refractivity contribution in [1.82, 2.24) is 0 Å². The number of aryl methyl sites for hydroxylation is 2. The molecule has 1 aromatic rings. The zero-order chi connectivity index (χ0) is 13.5. The Morgan fingerprint density at radius 3 is 2.72 bits per heavy atom. The maximum Gasteiger partial charge on any atom is 0.322 e. The van der Waals surface area contributed by atoms with E-state index in [-0.39, 0.29) is 5.97 Å². The number of hydrogen-bond donors (Lipinski definition) is 1. The fourth-order valence-electron chi connectivity index (χ4n) is 1.56. The molecule has 0 radical (unpaired) electrons. The predicted molar refractivity (Wildman–Crippen MR) is 76.7 cm³/mol. The van der Waals surface area contributed by atoms with Gasteiger partial charge in [-0.2, -0.15) is 11.8 Å². The van der Waals surface area contributed by atoms with Crippen LogP contribution in [0.25, 0.3) is 0 Å². The lowest BCUT2D eigenvalue weighted by molar-refractivity contribution is -0.142. The van der Waals surface area contributed by atoms with Crippen molar-refractivity contribution in [2.45, 2.75) is 32.1 Å². The van der Waals surface area contributed by atoms with Crippen molar-refractivity contribution in [3.8, 4) is 0 Å². The Labute approximate surface area is 113 Å².